The molecule has 0 amide bonds. The van der Waals surface area contributed by atoms with Gasteiger partial charge >= 0.3 is 6.61 Å². The zero-order chi connectivity index (χ0) is 14.7. The van der Waals surface area contributed by atoms with E-state index >= 15 is 0 Å². The first-order valence-electron chi connectivity index (χ1n) is 6.09. The van der Waals surface area contributed by atoms with Crippen molar-refractivity contribution in [3.63, 3.8) is 0 Å². The second kappa shape index (κ2) is 6.13. The van der Waals surface area contributed by atoms with Crippen LogP contribution in [-0.2, 0) is 6.54 Å². The van der Waals surface area contributed by atoms with Crippen molar-refractivity contribution < 1.29 is 13.5 Å². The first-order chi connectivity index (χ1) is 9.47. The molecule has 0 aliphatic carbocycles. The quantitative estimate of drug-likeness (QED) is 0.899. The number of alkyl halides is 2. The van der Waals surface area contributed by atoms with Crippen LogP contribution in [0.25, 0.3) is 0 Å². The Balaban J connectivity index is 2.18. The number of halogens is 3. The Morgan fingerprint density at radius 2 is 1.85 bits per heavy atom. The van der Waals surface area contributed by atoms with Gasteiger partial charge in [-0.15, -0.1) is 0 Å². The minimum Gasteiger partial charge on any atom is -0.434 e. The van der Waals surface area contributed by atoms with Crippen molar-refractivity contribution in [3.05, 3.63) is 52.3 Å². The van der Waals surface area contributed by atoms with Crippen LogP contribution < -0.4 is 10.2 Å². The largest absolute Gasteiger partial charge is 0.434 e. The van der Waals surface area contributed by atoms with E-state index in [0.29, 0.717) is 17.1 Å². The molecule has 0 aliphatic rings. The van der Waals surface area contributed by atoms with Crippen molar-refractivity contribution >= 4 is 11.6 Å². The molecule has 0 radical (unpaired) electrons. The number of aromatic nitrogens is 1. The third-order valence-corrected chi connectivity index (χ3v) is 3.17. The van der Waals surface area contributed by atoms with E-state index in [9.17, 15) is 8.78 Å². The number of benzene rings is 1. The van der Waals surface area contributed by atoms with Crippen molar-refractivity contribution in [2.45, 2.75) is 27.0 Å². The summed E-state index contributed by atoms with van der Waals surface area (Å²) < 4.78 is 31.1. The van der Waals surface area contributed by atoms with Gasteiger partial charge in [0.15, 0.2) is 0 Å². The number of ether oxygens (including phenoxy) is 1. The second-order valence-corrected chi connectivity index (χ2v) is 4.85. The summed E-state index contributed by atoms with van der Waals surface area (Å²) >= 11 is 5.90. The van der Waals surface area contributed by atoms with E-state index < -0.39 is 6.61 Å². The maximum atomic E-state index is 12.4. The molecule has 1 heterocycles. The van der Waals surface area contributed by atoms with Crippen molar-refractivity contribution in [1.29, 1.82) is 0 Å². The molecule has 2 aromatic rings. The van der Waals surface area contributed by atoms with Crippen molar-refractivity contribution in [2.75, 3.05) is 5.43 Å². The van der Waals surface area contributed by atoms with Crippen molar-refractivity contribution in [3.8, 4) is 5.75 Å². The highest BCUT2D eigenvalue weighted by Gasteiger charge is 2.11. The Morgan fingerprint density at radius 3 is 2.45 bits per heavy atom. The lowest BCUT2D eigenvalue weighted by Gasteiger charge is -2.15. The average molecular weight is 301 g/mol. The van der Waals surface area contributed by atoms with E-state index in [2.05, 4.69) is 10.2 Å². The minimum atomic E-state index is -2.86. The fourth-order valence-electron chi connectivity index (χ4n) is 1.98. The van der Waals surface area contributed by atoms with Crippen molar-refractivity contribution in [1.82, 2.24) is 4.68 Å². The van der Waals surface area contributed by atoms with Crippen molar-refractivity contribution in [2.24, 2.45) is 0 Å². The molecule has 2 rings (SSSR count). The number of hydrogen-bond donors (Lipinski definition) is 1. The van der Waals surface area contributed by atoms with E-state index in [4.69, 9.17) is 11.6 Å². The van der Waals surface area contributed by atoms with E-state index in [1.165, 1.54) is 12.1 Å². The predicted octanol–water partition coefficient (Wildman–Crippen LogP) is 4.10. The van der Waals surface area contributed by atoms with Gasteiger partial charge < -0.3 is 10.2 Å². The summed E-state index contributed by atoms with van der Waals surface area (Å²) in [5, 5.41) is 0.476. The van der Waals surface area contributed by atoms with Gasteiger partial charge in [0, 0.05) is 22.0 Å². The lowest BCUT2D eigenvalue weighted by molar-refractivity contribution is -0.0504. The van der Waals surface area contributed by atoms with Crippen LogP contribution in [0.15, 0.2) is 30.3 Å². The Hall–Kier alpha value is -1.75. The third kappa shape index (κ3) is 3.42. The van der Waals surface area contributed by atoms with Crippen LogP contribution in [0.1, 0.15) is 17.0 Å². The standard InChI is InChI=1S/C14H15ClF2N2O/c1-9-3-4-10(2)19(9)18-8-11-7-12(15)5-6-13(11)20-14(16)17/h3-7,14,18H,8H2,1-2H3. The smallest absolute Gasteiger partial charge is 0.387 e. The summed E-state index contributed by atoms with van der Waals surface area (Å²) in [6.07, 6.45) is 0. The molecule has 1 aromatic heterocycles. The van der Waals surface area contributed by atoms with Crippen LogP contribution in [0, 0.1) is 13.8 Å². The third-order valence-electron chi connectivity index (χ3n) is 2.94. The van der Waals surface area contributed by atoms with Crippen LogP contribution in [0.3, 0.4) is 0 Å². The topological polar surface area (TPSA) is 26.2 Å². The van der Waals surface area contributed by atoms with Gasteiger partial charge in [0.25, 0.3) is 0 Å². The fraction of sp³-hybridized carbons (Fsp3) is 0.286. The summed E-state index contributed by atoms with van der Waals surface area (Å²) in [5.74, 6) is 0.124. The molecule has 0 bridgehead atoms. The van der Waals surface area contributed by atoms with E-state index in [-0.39, 0.29) is 5.75 Å². The molecule has 0 unspecified atom stereocenters. The number of nitrogens with one attached hydrogen (secondary N) is 1. The maximum Gasteiger partial charge on any atom is 0.387 e. The van der Waals surface area contributed by atoms with E-state index in [1.54, 1.807) is 6.07 Å². The van der Waals surface area contributed by atoms with Gasteiger partial charge in [-0.3, -0.25) is 4.68 Å². The van der Waals surface area contributed by atoms with Crippen LogP contribution in [0.2, 0.25) is 5.02 Å². The first-order valence-corrected chi connectivity index (χ1v) is 6.47. The molecular weight excluding hydrogens is 286 g/mol. The van der Waals surface area contributed by atoms with E-state index in [0.717, 1.165) is 11.4 Å². The highest BCUT2D eigenvalue weighted by atomic mass is 35.5. The summed E-state index contributed by atoms with van der Waals surface area (Å²) in [7, 11) is 0. The fourth-order valence-corrected chi connectivity index (χ4v) is 2.17. The molecule has 0 aliphatic heterocycles. The molecule has 0 saturated heterocycles. The summed E-state index contributed by atoms with van der Waals surface area (Å²) in [6, 6.07) is 8.52. The first kappa shape index (κ1) is 14.7. The average Bonchev–Trinajstić information content (AvgIpc) is 2.69. The van der Waals surface area contributed by atoms with Gasteiger partial charge in [-0.1, -0.05) is 11.6 Å². The normalized spacial score (nSPS) is 10.9. The number of hydrogen-bond acceptors (Lipinski definition) is 2. The predicted molar refractivity (Wildman–Crippen MR) is 75.1 cm³/mol. The van der Waals surface area contributed by atoms with Gasteiger partial charge in [0.1, 0.15) is 5.75 Å². The number of nitrogens with zero attached hydrogens (tertiary/aromatic N) is 1. The molecule has 0 atom stereocenters. The Bertz CT molecular complexity index is 579. The zero-order valence-electron chi connectivity index (χ0n) is 11.2. The lowest BCUT2D eigenvalue weighted by atomic mass is 10.2. The van der Waals surface area contributed by atoms with Gasteiger partial charge in [-0.05, 0) is 44.2 Å². The lowest BCUT2D eigenvalue weighted by Crippen LogP contribution is -2.17. The number of rotatable bonds is 5. The Kier molecular flexibility index (Phi) is 4.49. The summed E-state index contributed by atoms with van der Waals surface area (Å²) in [5.41, 5.74) is 5.78. The molecule has 1 aromatic carbocycles. The minimum absolute atomic E-state index is 0.124. The summed E-state index contributed by atoms with van der Waals surface area (Å²) in [4.78, 5) is 0. The van der Waals surface area contributed by atoms with Crippen LogP contribution >= 0.6 is 11.6 Å². The highest BCUT2D eigenvalue weighted by molar-refractivity contribution is 6.30. The monoisotopic (exact) mass is 300 g/mol. The van der Waals surface area contributed by atoms with Crippen LogP contribution in [0.4, 0.5) is 8.78 Å². The molecule has 0 saturated carbocycles. The Morgan fingerprint density at radius 1 is 1.20 bits per heavy atom. The molecule has 6 heteroatoms. The molecule has 3 nitrogen and oxygen atoms in total. The van der Waals surface area contributed by atoms with Gasteiger partial charge in [0.2, 0.25) is 0 Å². The Labute approximate surface area is 121 Å². The number of aryl methyl sites for hydroxylation is 2. The molecular formula is C14H15ClF2N2O. The zero-order valence-corrected chi connectivity index (χ0v) is 11.9. The molecule has 0 fully saturated rings. The molecule has 20 heavy (non-hydrogen) atoms. The SMILES string of the molecule is Cc1ccc(C)n1NCc1cc(Cl)ccc1OC(F)F. The van der Waals surface area contributed by atoms with Crippen LogP contribution in [0.5, 0.6) is 5.75 Å². The van der Waals surface area contributed by atoms with Crippen LogP contribution in [-0.4, -0.2) is 11.3 Å². The van der Waals surface area contributed by atoms with Gasteiger partial charge in [-0.25, -0.2) is 0 Å². The van der Waals surface area contributed by atoms with E-state index in [1.807, 2.05) is 30.7 Å². The maximum absolute atomic E-state index is 12.4. The van der Waals surface area contributed by atoms with Gasteiger partial charge in [-0.2, -0.15) is 8.78 Å². The second-order valence-electron chi connectivity index (χ2n) is 4.42. The molecule has 1 N–H and O–H groups in total. The molecule has 108 valence electrons. The molecule has 0 spiro atoms. The van der Waals surface area contributed by atoms with Gasteiger partial charge in [0.05, 0.1) is 6.54 Å². The summed E-state index contributed by atoms with van der Waals surface area (Å²) in [6.45, 7) is 1.38. The highest BCUT2D eigenvalue weighted by Crippen LogP contribution is 2.24.